The third kappa shape index (κ3) is 3.15. The molecule has 96 valence electrons. The lowest BCUT2D eigenvalue weighted by atomic mass is 10.2. The molecule has 0 saturated heterocycles. The Balaban J connectivity index is 3.08. The van der Waals surface area contributed by atoms with E-state index in [1.54, 1.807) is 18.3 Å². The second-order valence-electron chi connectivity index (χ2n) is 3.10. The average Bonchev–Trinajstić information content (AvgIpc) is 2.37. The molecule has 0 heterocycles. The third-order valence-electron chi connectivity index (χ3n) is 2.09. The van der Waals surface area contributed by atoms with Crippen molar-refractivity contribution in [2.24, 2.45) is 0 Å². The van der Waals surface area contributed by atoms with E-state index in [0.717, 1.165) is 0 Å². The topological polar surface area (TPSA) is 75.5 Å². The van der Waals surface area contributed by atoms with Gasteiger partial charge in [-0.3, -0.25) is 5.32 Å². The summed E-state index contributed by atoms with van der Waals surface area (Å²) >= 11 is 4.90. The van der Waals surface area contributed by atoms with Crippen molar-refractivity contribution >= 4 is 23.0 Å². The molecule has 0 saturated carbocycles. The van der Waals surface area contributed by atoms with Crippen LogP contribution >= 0.6 is 12.2 Å². The fraction of sp³-hybridized carbons (Fsp3) is 0.273. The van der Waals surface area contributed by atoms with E-state index in [1.165, 1.54) is 21.3 Å². The van der Waals surface area contributed by atoms with Crippen molar-refractivity contribution in [3.05, 3.63) is 12.1 Å². The van der Waals surface area contributed by atoms with Crippen molar-refractivity contribution in [2.75, 3.05) is 26.6 Å². The molecule has 0 aliphatic carbocycles. The first kappa shape index (κ1) is 13.9. The van der Waals surface area contributed by atoms with E-state index in [9.17, 15) is 0 Å². The van der Waals surface area contributed by atoms with Gasteiger partial charge in [0.2, 0.25) is 5.75 Å². The summed E-state index contributed by atoms with van der Waals surface area (Å²) in [6.07, 6.45) is 1.73. The van der Waals surface area contributed by atoms with Gasteiger partial charge in [0.15, 0.2) is 22.8 Å². The van der Waals surface area contributed by atoms with Gasteiger partial charge < -0.3 is 19.5 Å². The first-order chi connectivity index (χ1) is 8.65. The number of rotatable bonds is 4. The number of hydrogen-bond acceptors (Lipinski definition) is 5. The quantitative estimate of drug-likeness (QED) is 0.486. The number of ether oxygens (including phenoxy) is 3. The molecule has 2 N–H and O–H groups in total. The lowest BCUT2D eigenvalue weighted by molar-refractivity contribution is 0.324. The minimum absolute atomic E-state index is 0.187. The molecular weight excluding hydrogens is 254 g/mol. The standard InChI is InChI=1S/C11H13N3O3S/c1-15-8-4-7(14-11(18)13-6-12)5-9(16-2)10(8)17-3/h4-5H,1-3H3,(H2,13,14,18). The van der Waals surface area contributed by atoms with Crippen LogP contribution in [-0.4, -0.2) is 26.4 Å². The van der Waals surface area contributed by atoms with Crippen molar-refractivity contribution in [1.82, 2.24) is 5.32 Å². The smallest absolute Gasteiger partial charge is 0.203 e. The van der Waals surface area contributed by atoms with Gasteiger partial charge in [0.25, 0.3) is 0 Å². The zero-order valence-electron chi connectivity index (χ0n) is 10.2. The second kappa shape index (κ2) is 6.51. The van der Waals surface area contributed by atoms with Gasteiger partial charge in [0, 0.05) is 17.8 Å². The fourth-order valence-corrected chi connectivity index (χ4v) is 1.53. The number of hydrogen-bond donors (Lipinski definition) is 2. The monoisotopic (exact) mass is 267 g/mol. The summed E-state index contributed by atoms with van der Waals surface area (Å²) in [4.78, 5) is 0. The summed E-state index contributed by atoms with van der Waals surface area (Å²) in [7, 11) is 4.56. The molecule has 1 aromatic carbocycles. The molecule has 0 radical (unpaired) electrons. The minimum Gasteiger partial charge on any atom is -0.493 e. The predicted octanol–water partition coefficient (Wildman–Crippen LogP) is 1.48. The zero-order chi connectivity index (χ0) is 13.5. The highest BCUT2D eigenvalue weighted by Gasteiger charge is 2.13. The lowest BCUT2D eigenvalue weighted by Crippen LogP contribution is -2.23. The maximum atomic E-state index is 8.44. The van der Waals surface area contributed by atoms with Crippen LogP contribution in [0.25, 0.3) is 0 Å². The van der Waals surface area contributed by atoms with Crippen molar-refractivity contribution in [1.29, 1.82) is 5.26 Å². The Kier molecular flexibility index (Phi) is 5.02. The van der Waals surface area contributed by atoms with E-state index in [2.05, 4.69) is 10.6 Å². The minimum atomic E-state index is 0.187. The molecule has 1 rings (SSSR count). The van der Waals surface area contributed by atoms with Gasteiger partial charge in [-0.1, -0.05) is 0 Å². The Hall–Kier alpha value is -2.20. The number of nitrogens with zero attached hydrogens (tertiary/aromatic N) is 1. The molecular formula is C11H13N3O3S. The number of benzene rings is 1. The molecule has 0 aliphatic heterocycles. The molecule has 0 amide bonds. The van der Waals surface area contributed by atoms with Crippen molar-refractivity contribution < 1.29 is 14.2 Å². The van der Waals surface area contributed by atoms with Gasteiger partial charge in [0.05, 0.1) is 21.3 Å². The normalized spacial score (nSPS) is 9.00. The van der Waals surface area contributed by atoms with Crippen molar-refractivity contribution in [3.8, 4) is 23.4 Å². The van der Waals surface area contributed by atoms with Gasteiger partial charge in [0.1, 0.15) is 0 Å². The number of thiocarbonyl (C=S) groups is 1. The van der Waals surface area contributed by atoms with Crippen LogP contribution in [0.5, 0.6) is 17.2 Å². The van der Waals surface area contributed by atoms with Gasteiger partial charge >= 0.3 is 0 Å². The van der Waals surface area contributed by atoms with Gasteiger partial charge in [-0.05, 0) is 12.2 Å². The average molecular weight is 267 g/mol. The Morgan fingerprint density at radius 1 is 1.17 bits per heavy atom. The largest absolute Gasteiger partial charge is 0.493 e. The maximum Gasteiger partial charge on any atom is 0.203 e. The summed E-state index contributed by atoms with van der Waals surface area (Å²) < 4.78 is 15.6. The van der Waals surface area contributed by atoms with Crippen LogP contribution in [0.2, 0.25) is 0 Å². The van der Waals surface area contributed by atoms with Crippen LogP contribution in [0.1, 0.15) is 0 Å². The van der Waals surface area contributed by atoms with E-state index in [1.807, 2.05) is 0 Å². The summed E-state index contributed by atoms with van der Waals surface area (Å²) in [6.45, 7) is 0. The van der Waals surface area contributed by atoms with Gasteiger partial charge in [-0.15, -0.1) is 0 Å². The zero-order valence-corrected chi connectivity index (χ0v) is 11.1. The molecule has 0 atom stereocenters. The van der Waals surface area contributed by atoms with E-state index >= 15 is 0 Å². The molecule has 0 unspecified atom stereocenters. The third-order valence-corrected chi connectivity index (χ3v) is 2.30. The molecule has 6 nitrogen and oxygen atoms in total. The van der Waals surface area contributed by atoms with E-state index in [4.69, 9.17) is 31.7 Å². The van der Waals surface area contributed by atoms with Crippen LogP contribution in [0.4, 0.5) is 5.69 Å². The molecule has 1 aromatic rings. The highest BCUT2D eigenvalue weighted by molar-refractivity contribution is 7.80. The molecule has 0 spiro atoms. The Morgan fingerprint density at radius 2 is 1.72 bits per heavy atom. The predicted molar refractivity (Wildman–Crippen MR) is 71.1 cm³/mol. The highest BCUT2D eigenvalue weighted by atomic mass is 32.1. The van der Waals surface area contributed by atoms with Gasteiger partial charge in [-0.2, -0.15) is 5.26 Å². The lowest BCUT2D eigenvalue weighted by Gasteiger charge is -2.14. The molecule has 18 heavy (non-hydrogen) atoms. The Morgan fingerprint density at radius 3 is 2.11 bits per heavy atom. The van der Waals surface area contributed by atoms with Crippen molar-refractivity contribution in [2.45, 2.75) is 0 Å². The molecule has 0 aromatic heterocycles. The summed E-state index contributed by atoms with van der Waals surface area (Å²) in [5, 5.41) is 13.8. The van der Waals surface area contributed by atoms with Crippen LogP contribution in [0.15, 0.2) is 12.1 Å². The first-order valence-corrected chi connectivity index (χ1v) is 5.33. The maximum absolute atomic E-state index is 8.44. The second-order valence-corrected chi connectivity index (χ2v) is 3.51. The number of nitriles is 1. The first-order valence-electron chi connectivity index (χ1n) is 4.92. The van der Waals surface area contributed by atoms with E-state index < -0.39 is 0 Å². The van der Waals surface area contributed by atoms with Crippen molar-refractivity contribution in [3.63, 3.8) is 0 Å². The number of anilines is 1. The van der Waals surface area contributed by atoms with Crippen LogP contribution in [0.3, 0.4) is 0 Å². The Labute approximate surface area is 110 Å². The summed E-state index contributed by atoms with van der Waals surface area (Å²) in [6, 6.07) is 3.37. The fourth-order valence-electron chi connectivity index (χ4n) is 1.37. The molecule has 0 bridgehead atoms. The summed E-state index contributed by atoms with van der Waals surface area (Å²) in [5.41, 5.74) is 0.622. The van der Waals surface area contributed by atoms with Crippen LogP contribution < -0.4 is 24.8 Å². The van der Waals surface area contributed by atoms with E-state index in [-0.39, 0.29) is 5.11 Å². The van der Waals surface area contributed by atoms with E-state index in [0.29, 0.717) is 22.9 Å². The molecule has 7 heteroatoms. The van der Waals surface area contributed by atoms with Crippen LogP contribution in [-0.2, 0) is 0 Å². The Bertz CT molecular complexity index is 460. The van der Waals surface area contributed by atoms with Gasteiger partial charge in [-0.25, -0.2) is 0 Å². The number of methoxy groups -OCH3 is 3. The SMILES string of the molecule is COc1cc(NC(=S)NC#N)cc(OC)c1OC. The molecule has 0 aliphatic rings. The van der Waals surface area contributed by atoms with Crippen LogP contribution in [0, 0.1) is 11.5 Å². The summed E-state index contributed by atoms with van der Waals surface area (Å²) in [5.74, 6) is 1.49. The molecule has 0 fully saturated rings. The highest BCUT2D eigenvalue weighted by Crippen LogP contribution is 2.39. The number of nitrogens with one attached hydrogen (secondary N) is 2.